The van der Waals surface area contributed by atoms with E-state index in [1.807, 2.05) is 33.0 Å². The number of aliphatic hydroxyl groups excluding tert-OH is 1. The zero-order chi connectivity index (χ0) is 30.0. The number of piperidine rings is 1. The molecule has 3 aromatic rings. The molecular formula is C30H37N7O4S. The summed E-state index contributed by atoms with van der Waals surface area (Å²) in [5, 5.41) is 19.9. The van der Waals surface area contributed by atoms with Gasteiger partial charge >= 0.3 is 12.0 Å². The summed E-state index contributed by atoms with van der Waals surface area (Å²) in [6.45, 7) is 7.91. The number of hydrogen-bond acceptors (Lipinski definition) is 9. The van der Waals surface area contributed by atoms with Gasteiger partial charge in [-0.25, -0.2) is 19.7 Å². The molecule has 12 heteroatoms. The normalized spacial score (nSPS) is 21.5. The molecule has 2 fully saturated rings. The van der Waals surface area contributed by atoms with Crippen molar-refractivity contribution in [1.29, 1.82) is 0 Å². The predicted molar refractivity (Wildman–Crippen MR) is 163 cm³/mol. The number of anilines is 2. The smallest absolute Gasteiger partial charge is 0.328 e. The minimum absolute atomic E-state index is 0.0472. The first-order valence-corrected chi connectivity index (χ1v) is 15.2. The Bertz CT molecular complexity index is 1530. The number of carboxylic acid groups (broad SMARTS) is 1. The van der Waals surface area contributed by atoms with Gasteiger partial charge in [-0.15, -0.1) is 0 Å². The van der Waals surface area contributed by atoms with Gasteiger partial charge < -0.3 is 20.0 Å². The molecule has 0 radical (unpaired) electrons. The molecule has 11 nitrogen and oxygen atoms in total. The summed E-state index contributed by atoms with van der Waals surface area (Å²) in [6, 6.07) is 3.85. The van der Waals surface area contributed by atoms with Crippen LogP contribution in [0.1, 0.15) is 52.0 Å². The summed E-state index contributed by atoms with van der Waals surface area (Å²) in [4.78, 5) is 47.0. The van der Waals surface area contributed by atoms with E-state index in [2.05, 4.69) is 28.6 Å². The van der Waals surface area contributed by atoms with Crippen LogP contribution >= 0.6 is 11.3 Å². The largest absolute Gasteiger partial charge is 0.481 e. The molecule has 2 unspecified atom stereocenters. The third kappa shape index (κ3) is 5.52. The number of hydrogen-bond donors (Lipinski definition) is 2. The highest BCUT2D eigenvalue weighted by atomic mass is 32.1. The van der Waals surface area contributed by atoms with E-state index in [1.54, 1.807) is 22.2 Å². The highest BCUT2D eigenvalue weighted by molar-refractivity contribution is 7.22. The predicted octanol–water partition coefficient (Wildman–Crippen LogP) is 4.07. The zero-order valence-corrected chi connectivity index (χ0v) is 25.3. The molecule has 5 rings (SSSR count). The van der Waals surface area contributed by atoms with E-state index >= 15 is 0 Å². The van der Waals surface area contributed by atoms with Crippen LogP contribution in [0.5, 0.6) is 0 Å². The molecule has 0 bridgehead atoms. The second-order valence-corrected chi connectivity index (χ2v) is 11.9. The van der Waals surface area contributed by atoms with Crippen LogP contribution < -0.4 is 9.80 Å². The highest BCUT2D eigenvalue weighted by Crippen LogP contribution is 2.41. The van der Waals surface area contributed by atoms with Crippen molar-refractivity contribution in [3.63, 3.8) is 0 Å². The van der Waals surface area contributed by atoms with E-state index in [9.17, 15) is 19.8 Å². The number of fused-ring (bicyclic) bond motifs is 1. The van der Waals surface area contributed by atoms with Gasteiger partial charge in [0.25, 0.3) is 0 Å². The van der Waals surface area contributed by atoms with Crippen molar-refractivity contribution in [2.45, 2.75) is 52.5 Å². The van der Waals surface area contributed by atoms with Gasteiger partial charge in [0.15, 0.2) is 5.13 Å². The molecule has 222 valence electrons. The molecule has 2 saturated heterocycles. The summed E-state index contributed by atoms with van der Waals surface area (Å²) in [5.41, 5.74) is 2.32. The molecule has 2 amide bonds. The summed E-state index contributed by atoms with van der Waals surface area (Å²) in [7, 11) is 1.97. The average molecular weight is 592 g/mol. The number of aromatic nitrogens is 3. The second kappa shape index (κ2) is 12.2. The topological polar surface area (TPSA) is 126 Å². The Hall–Kier alpha value is -3.79. The van der Waals surface area contributed by atoms with Crippen molar-refractivity contribution in [3.05, 3.63) is 30.1 Å². The molecule has 0 aliphatic carbocycles. The fourth-order valence-corrected chi connectivity index (χ4v) is 6.87. The van der Waals surface area contributed by atoms with Crippen molar-refractivity contribution >= 4 is 44.6 Å². The van der Waals surface area contributed by atoms with E-state index in [4.69, 9.17) is 15.0 Å². The van der Waals surface area contributed by atoms with E-state index in [0.717, 1.165) is 22.2 Å². The second-order valence-electron chi connectivity index (χ2n) is 11.0. The summed E-state index contributed by atoms with van der Waals surface area (Å²) in [6.07, 6.45) is 6.08. The molecular weight excluding hydrogens is 554 g/mol. The van der Waals surface area contributed by atoms with Crippen LogP contribution in [0, 0.1) is 17.3 Å². The molecule has 2 aliphatic heterocycles. The monoisotopic (exact) mass is 591 g/mol. The molecule has 2 N–H and O–H groups in total. The maximum Gasteiger partial charge on any atom is 0.328 e. The first-order valence-electron chi connectivity index (χ1n) is 14.3. The molecule has 2 aliphatic rings. The van der Waals surface area contributed by atoms with Crippen molar-refractivity contribution in [2.75, 3.05) is 49.9 Å². The first-order chi connectivity index (χ1) is 20.2. The number of thiazole rings is 1. The molecule has 0 saturated carbocycles. The van der Waals surface area contributed by atoms with Crippen molar-refractivity contribution in [3.8, 4) is 23.0 Å². The standard InChI is InChI=1S/C30H37N7O4S/c1-5-23-15-30(6-2,26(39)40)10-11-36(23)27-31-16-22(17-32-27)21-13-20(9-8-12-38)25-24(14-21)33-28(42-25)37-19-34(4)18-35(7-3)29(37)41/h13-14,16-17,23,38H,5-7,10-12,15,18-19H2,1-4H3,(H,39,40). The van der Waals surface area contributed by atoms with E-state index < -0.39 is 11.4 Å². The van der Waals surface area contributed by atoms with Crippen LogP contribution in [0.15, 0.2) is 24.5 Å². The van der Waals surface area contributed by atoms with Crippen LogP contribution in [0.4, 0.5) is 15.9 Å². The van der Waals surface area contributed by atoms with Crippen LogP contribution in [-0.2, 0) is 4.79 Å². The van der Waals surface area contributed by atoms with Gasteiger partial charge in [-0.2, -0.15) is 0 Å². The maximum atomic E-state index is 13.1. The number of carbonyl (C=O) groups is 2. The Morgan fingerprint density at radius 3 is 2.57 bits per heavy atom. The van der Waals surface area contributed by atoms with E-state index in [1.165, 1.54) is 11.3 Å². The number of nitrogens with zero attached hydrogens (tertiary/aromatic N) is 7. The Morgan fingerprint density at radius 1 is 1.17 bits per heavy atom. The van der Waals surface area contributed by atoms with Crippen molar-refractivity contribution < 1.29 is 19.8 Å². The number of amides is 2. The van der Waals surface area contributed by atoms with Gasteiger partial charge in [0, 0.05) is 42.7 Å². The van der Waals surface area contributed by atoms with Crippen LogP contribution in [0.2, 0.25) is 0 Å². The lowest BCUT2D eigenvalue weighted by molar-refractivity contribution is -0.151. The lowest BCUT2D eigenvalue weighted by Crippen LogP contribution is -2.56. The number of carboxylic acids is 1. The first kappa shape index (κ1) is 29.7. The van der Waals surface area contributed by atoms with Crippen LogP contribution in [-0.4, -0.2) is 93.1 Å². The Morgan fingerprint density at radius 2 is 1.93 bits per heavy atom. The molecule has 2 atom stereocenters. The fourth-order valence-electron chi connectivity index (χ4n) is 5.87. The third-order valence-corrected chi connectivity index (χ3v) is 9.55. The molecule has 42 heavy (non-hydrogen) atoms. The van der Waals surface area contributed by atoms with Gasteiger partial charge in [-0.05, 0) is 57.4 Å². The lowest BCUT2D eigenvalue weighted by Gasteiger charge is -2.44. The Balaban J connectivity index is 1.46. The van der Waals surface area contributed by atoms with Crippen molar-refractivity contribution in [1.82, 2.24) is 24.8 Å². The number of benzene rings is 1. The Kier molecular flexibility index (Phi) is 8.63. The fraction of sp³-hybridized carbons (Fsp3) is 0.500. The zero-order valence-electron chi connectivity index (χ0n) is 24.5. The van der Waals surface area contributed by atoms with Crippen molar-refractivity contribution in [2.24, 2.45) is 5.41 Å². The average Bonchev–Trinajstić information content (AvgIpc) is 3.44. The quantitative estimate of drug-likeness (QED) is 0.391. The number of rotatable bonds is 7. The SMILES string of the molecule is CCC1CC(CC)(C(=O)O)CCN1c1ncc(-c2cc(C#CCO)c3sc(N4CN(C)CN(CC)C4=O)nc3c2)cn1. The minimum atomic E-state index is -0.723. The number of aliphatic carboxylic acids is 1. The van der Waals surface area contributed by atoms with Gasteiger partial charge in [0.05, 0.1) is 29.0 Å². The number of aliphatic hydroxyl groups is 1. The van der Waals surface area contributed by atoms with Gasteiger partial charge in [-0.3, -0.25) is 14.6 Å². The van der Waals surface area contributed by atoms with Crippen LogP contribution in [0.3, 0.4) is 0 Å². The molecule has 2 aromatic heterocycles. The van der Waals surface area contributed by atoms with Gasteiger partial charge in [-0.1, -0.05) is 37.0 Å². The Labute approximate surface area is 249 Å². The maximum absolute atomic E-state index is 13.1. The van der Waals surface area contributed by atoms with Gasteiger partial charge in [0.2, 0.25) is 5.95 Å². The third-order valence-electron chi connectivity index (χ3n) is 8.42. The number of carbonyl (C=O) groups excluding carboxylic acids is 1. The molecule has 4 heterocycles. The summed E-state index contributed by atoms with van der Waals surface area (Å²) < 4.78 is 0.841. The van der Waals surface area contributed by atoms with Gasteiger partial charge in [0.1, 0.15) is 6.61 Å². The summed E-state index contributed by atoms with van der Waals surface area (Å²) in [5.74, 6) is 5.66. The minimum Gasteiger partial charge on any atom is -0.481 e. The lowest BCUT2D eigenvalue weighted by atomic mass is 9.73. The summed E-state index contributed by atoms with van der Waals surface area (Å²) >= 11 is 1.41. The number of urea groups is 1. The molecule has 1 aromatic carbocycles. The van der Waals surface area contributed by atoms with E-state index in [0.29, 0.717) is 67.8 Å². The highest BCUT2D eigenvalue weighted by Gasteiger charge is 2.44. The van der Waals surface area contributed by atoms with E-state index in [-0.39, 0.29) is 18.7 Å². The van der Waals surface area contributed by atoms with Crippen LogP contribution in [0.25, 0.3) is 21.3 Å². The molecule has 0 spiro atoms.